The predicted octanol–water partition coefficient (Wildman–Crippen LogP) is 2.02. The summed E-state index contributed by atoms with van der Waals surface area (Å²) >= 11 is 0. The summed E-state index contributed by atoms with van der Waals surface area (Å²) in [5.74, 6) is 1.08. The topological polar surface area (TPSA) is 32.3 Å². The summed E-state index contributed by atoms with van der Waals surface area (Å²) in [4.78, 5) is 14.5. The summed E-state index contributed by atoms with van der Waals surface area (Å²) in [5.41, 5.74) is 0. The van der Waals surface area contributed by atoms with E-state index in [2.05, 4.69) is 17.1 Å². The van der Waals surface area contributed by atoms with E-state index in [9.17, 15) is 4.79 Å². The van der Waals surface area contributed by atoms with Crippen LogP contribution in [0.3, 0.4) is 0 Å². The first-order valence-electron chi connectivity index (χ1n) is 7.17. The Hall–Kier alpha value is -0.570. The Labute approximate surface area is 105 Å². The summed E-state index contributed by atoms with van der Waals surface area (Å²) < 4.78 is 0. The molecule has 3 heteroatoms. The van der Waals surface area contributed by atoms with Crippen molar-refractivity contribution in [3.8, 4) is 0 Å². The zero-order chi connectivity index (χ0) is 12.3. The van der Waals surface area contributed by atoms with E-state index in [0.717, 1.165) is 13.1 Å². The van der Waals surface area contributed by atoms with Crippen molar-refractivity contribution in [1.82, 2.24) is 10.2 Å². The number of amides is 1. The Morgan fingerprint density at radius 2 is 1.76 bits per heavy atom. The normalized spacial score (nSPS) is 31.2. The highest BCUT2D eigenvalue weighted by Gasteiger charge is 2.33. The summed E-state index contributed by atoms with van der Waals surface area (Å²) in [6.07, 6.45) is 7.69. The van der Waals surface area contributed by atoms with Gasteiger partial charge >= 0.3 is 0 Å². The zero-order valence-corrected chi connectivity index (χ0v) is 11.2. The van der Waals surface area contributed by atoms with Gasteiger partial charge in [0.25, 0.3) is 0 Å². The van der Waals surface area contributed by atoms with Crippen LogP contribution in [0.15, 0.2) is 0 Å². The molecule has 0 spiro atoms. The molecule has 1 aliphatic heterocycles. The van der Waals surface area contributed by atoms with Gasteiger partial charge in [0.15, 0.2) is 0 Å². The molecule has 1 amide bonds. The molecule has 2 aliphatic rings. The van der Waals surface area contributed by atoms with Crippen LogP contribution in [0.4, 0.5) is 0 Å². The van der Waals surface area contributed by atoms with Crippen LogP contribution >= 0.6 is 0 Å². The molecule has 0 bridgehead atoms. The summed E-state index contributed by atoms with van der Waals surface area (Å²) in [6, 6.07) is 0.498. The van der Waals surface area contributed by atoms with Gasteiger partial charge in [0.1, 0.15) is 0 Å². The van der Waals surface area contributed by atoms with Crippen LogP contribution < -0.4 is 5.32 Å². The van der Waals surface area contributed by atoms with E-state index in [0.29, 0.717) is 17.9 Å². The van der Waals surface area contributed by atoms with Gasteiger partial charge in [-0.3, -0.25) is 4.79 Å². The monoisotopic (exact) mass is 238 g/mol. The molecule has 1 N–H and O–H groups in total. The van der Waals surface area contributed by atoms with Crippen molar-refractivity contribution in [3.05, 3.63) is 0 Å². The molecule has 1 saturated carbocycles. The van der Waals surface area contributed by atoms with Crippen LogP contribution in [-0.4, -0.2) is 37.0 Å². The van der Waals surface area contributed by atoms with E-state index in [1.165, 1.54) is 38.5 Å². The van der Waals surface area contributed by atoms with Gasteiger partial charge in [-0.2, -0.15) is 0 Å². The largest absolute Gasteiger partial charge is 0.342 e. The van der Waals surface area contributed by atoms with Crippen LogP contribution in [0.1, 0.15) is 45.4 Å². The lowest BCUT2D eigenvalue weighted by Crippen LogP contribution is -2.42. The van der Waals surface area contributed by atoms with Crippen molar-refractivity contribution >= 4 is 5.91 Å². The molecule has 1 heterocycles. The van der Waals surface area contributed by atoms with Gasteiger partial charge in [-0.25, -0.2) is 0 Å². The highest BCUT2D eigenvalue weighted by molar-refractivity contribution is 5.79. The molecule has 1 saturated heterocycles. The minimum Gasteiger partial charge on any atom is -0.342 e. The molecule has 2 rings (SSSR count). The average Bonchev–Trinajstić information content (AvgIpc) is 2.60. The third-order valence-electron chi connectivity index (χ3n) is 4.55. The van der Waals surface area contributed by atoms with Crippen molar-refractivity contribution in [3.63, 3.8) is 0 Å². The quantitative estimate of drug-likeness (QED) is 0.747. The predicted molar refractivity (Wildman–Crippen MR) is 69.8 cm³/mol. The lowest BCUT2D eigenvalue weighted by atomic mass is 9.95. The molecule has 17 heavy (non-hydrogen) atoms. The molecule has 98 valence electrons. The van der Waals surface area contributed by atoms with Crippen molar-refractivity contribution in [2.24, 2.45) is 11.8 Å². The Bertz CT molecular complexity index is 259. The SMILES string of the molecule is CC1CNCC1C(=O)N(C)C1CCCCCC1. The Balaban J connectivity index is 1.93. The zero-order valence-electron chi connectivity index (χ0n) is 11.2. The van der Waals surface area contributed by atoms with Gasteiger partial charge in [-0.05, 0) is 25.3 Å². The maximum absolute atomic E-state index is 12.5. The maximum atomic E-state index is 12.5. The van der Waals surface area contributed by atoms with Gasteiger partial charge in [0.05, 0.1) is 5.92 Å². The summed E-state index contributed by atoms with van der Waals surface area (Å²) in [6.45, 7) is 4.05. The number of nitrogens with zero attached hydrogens (tertiary/aromatic N) is 1. The van der Waals surface area contributed by atoms with Gasteiger partial charge in [0, 0.05) is 19.6 Å². The number of nitrogens with one attached hydrogen (secondary N) is 1. The highest BCUT2D eigenvalue weighted by Crippen LogP contribution is 2.25. The van der Waals surface area contributed by atoms with Crippen LogP contribution in [0.2, 0.25) is 0 Å². The Kier molecular flexibility index (Phi) is 4.43. The van der Waals surface area contributed by atoms with Crippen molar-refractivity contribution in [2.75, 3.05) is 20.1 Å². The van der Waals surface area contributed by atoms with E-state index >= 15 is 0 Å². The molecule has 2 fully saturated rings. The number of rotatable bonds is 2. The smallest absolute Gasteiger partial charge is 0.227 e. The molecule has 0 aromatic rings. The second-order valence-corrected chi connectivity index (χ2v) is 5.84. The third kappa shape index (κ3) is 3.01. The minimum atomic E-state index is 0.211. The van der Waals surface area contributed by atoms with Gasteiger partial charge in [-0.15, -0.1) is 0 Å². The first kappa shape index (κ1) is 12.9. The van der Waals surface area contributed by atoms with E-state index in [1.807, 2.05) is 7.05 Å². The second kappa shape index (κ2) is 5.85. The first-order chi connectivity index (χ1) is 8.20. The first-order valence-corrected chi connectivity index (χ1v) is 7.17. The fourth-order valence-corrected chi connectivity index (χ4v) is 3.23. The van der Waals surface area contributed by atoms with Crippen LogP contribution in [0.25, 0.3) is 0 Å². The van der Waals surface area contributed by atoms with Crippen LogP contribution in [0.5, 0.6) is 0 Å². The van der Waals surface area contributed by atoms with E-state index in [-0.39, 0.29) is 5.92 Å². The Morgan fingerprint density at radius 3 is 2.29 bits per heavy atom. The Morgan fingerprint density at radius 1 is 1.12 bits per heavy atom. The standard InChI is InChI=1S/C14H26N2O/c1-11-9-15-10-13(11)14(17)16(2)12-7-5-3-4-6-8-12/h11-13,15H,3-10H2,1-2H3. The van der Waals surface area contributed by atoms with Crippen molar-refractivity contribution in [2.45, 2.75) is 51.5 Å². The fraction of sp³-hybridized carbons (Fsp3) is 0.929. The molecule has 2 unspecified atom stereocenters. The van der Waals surface area contributed by atoms with Gasteiger partial charge in [-0.1, -0.05) is 32.6 Å². The molecule has 0 aromatic carbocycles. The summed E-state index contributed by atoms with van der Waals surface area (Å²) in [7, 11) is 2.02. The molecule has 2 atom stereocenters. The van der Waals surface area contributed by atoms with Gasteiger partial charge in [0.2, 0.25) is 5.91 Å². The maximum Gasteiger partial charge on any atom is 0.227 e. The summed E-state index contributed by atoms with van der Waals surface area (Å²) in [5, 5.41) is 3.33. The lowest BCUT2D eigenvalue weighted by Gasteiger charge is -2.30. The van der Waals surface area contributed by atoms with Crippen LogP contribution in [0, 0.1) is 11.8 Å². The number of carbonyl (C=O) groups is 1. The van der Waals surface area contributed by atoms with Gasteiger partial charge < -0.3 is 10.2 Å². The van der Waals surface area contributed by atoms with Crippen molar-refractivity contribution < 1.29 is 4.79 Å². The van der Waals surface area contributed by atoms with Crippen molar-refractivity contribution in [1.29, 1.82) is 0 Å². The molecular weight excluding hydrogens is 212 g/mol. The highest BCUT2D eigenvalue weighted by atomic mass is 16.2. The molecule has 0 radical (unpaired) electrons. The number of hydrogen-bond acceptors (Lipinski definition) is 2. The van der Waals surface area contributed by atoms with E-state index in [4.69, 9.17) is 0 Å². The lowest BCUT2D eigenvalue weighted by molar-refractivity contribution is -0.137. The fourth-order valence-electron chi connectivity index (χ4n) is 3.23. The van der Waals surface area contributed by atoms with E-state index < -0.39 is 0 Å². The molecule has 3 nitrogen and oxygen atoms in total. The molecule has 0 aromatic heterocycles. The second-order valence-electron chi connectivity index (χ2n) is 5.84. The number of carbonyl (C=O) groups excluding carboxylic acids is 1. The third-order valence-corrected chi connectivity index (χ3v) is 4.55. The van der Waals surface area contributed by atoms with E-state index in [1.54, 1.807) is 0 Å². The van der Waals surface area contributed by atoms with Crippen LogP contribution in [-0.2, 0) is 4.79 Å². The minimum absolute atomic E-state index is 0.211. The number of hydrogen-bond donors (Lipinski definition) is 1. The average molecular weight is 238 g/mol. The molecule has 1 aliphatic carbocycles. The molecular formula is C14H26N2O.